The van der Waals surface area contributed by atoms with E-state index in [0.717, 1.165) is 11.6 Å². The first-order chi connectivity index (χ1) is 10.1. The number of hydrogen-bond acceptors (Lipinski definition) is 4. The van der Waals surface area contributed by atoms with Gasteiger partial charge in [-0.15, -0.1) is 0 Å². The number of nitro benzene ring substituents is 1. The molecule has 0 heterocycles. The number of nitrogens with zero attached hydrogens (tertiary/aromatic N) is 1. The van der Waals surface area contributed by atoms with Gasteiger partial charge in [0.25, 0.3) is 5.69 Å². The molecule has 0 fully saturated rings. The number of aliphatic hydroxyl groups is 1. The van der Waals surface area contributed by atoms with Gasteiger partial charge in [-0.1, -0.05) is 30.3 Å². The predicted octanol–water partition coefficient (Wildman–Crippen LogP) is 2.56. The summed E-state index contributed by atoms with van der Waals surface area (Å²) in [7, 11) is 0. The van der Waals surface area contributed by atoms with Gasteiger partial charge in [0.1, 0.15) is 5.82 Å². The lowest BCUT2D eigenvalue weighted by atomic mass is 10.1. The Morgan fingerprint density at radius 1 is 1.24 bits per heavy atom. The number of benzene rings is 2. The van der Waals surface area contributed by atoms with Crippen molar-refractivity contribution < 1.29 is 14.4 Å². The van der Waals surface area contributed by atoms with E-state index in [4.69, 9.17) is 0 Å². The zero-order chi connectivity index (χ0) is 15.2. The molecule has 0 radical (unpaired) electrons. The Kier molecular flexibility index (Phi) is 4.97. The van der Waals surface area contributed by atoms with E-state index in [1.165, 1.54) is 12.1 Å². The molecular weight excluding hydrogens is 275 g/mol. The molecule has 21 heavy (non-hydrogen) atoms. The van der Waals surface area contributed by atoms with Gasteiger partial charge in [0, 0.05) is 12.6 Å². The second-order valence-corrected chi connectivity index (χ2v) is 4.60. The average Bonchev–Trinajstić information content (AvgIpc) is 2.48. The van der Waals surface area contributed by atoms with Crippen LogP contribution in [0.4, 0.5) is 10.1 Å². The number of aliphatic hydroxyl groups excluding tert-OH is 1. The molecule has 0 aromatic heterocycles. The molecule has 1 unspecified atom stereocenters. The van der Waals surface area contributed by atoms with Crippen LogP contribution in [0.5, 0.6) is 0 Å². The Labute approximate surface area is 121 Å². The lowest BCUT2D eigenvalue weighted by Gasteiger charge is -2.16. The number of hydrogen-bond donors (Lipinski definition) is 2. The van der Waals surface area contributed by atoms with E-state index in [1.54, 1.807) is 0 Å². The van der Waals surface area contributed by atoms with Gasteiger partial charge in [0.05, 0.1) is 23.6 Å². The quantitative estimate of drug-likeness (QED) is 0.633. The second-order valence-electron chi connectivity index (χ2n) is 4.60. The largest absolute Gasteiger partial charge is 0.394 e. The first-order valence-corrected chi connectivity index (χ1v) is 6.43. The van der Waals surface area contributed by atoms with Crippen molar-refractivity contribution in [3.8, 4) is 0 Å². The van der Waals surface area contributed by atoms with E-state index >= 15 is 0 Å². The van der Waals surface area contributed by atoms with Gasteiger partial charge >= 0.3 is 0 Å². The summed E-state index contributed by atoms with van der Waals surface area (Å²) in [5, 5.41) is 23.2. The number of nitro groups is 1. The standard InChI is InChI=1S/C15H15FN2O3/c16-13-6-11(7-14(8-13)18(20)21)9-17-15(10-19)12-4-2-1-3-5-12/h1-8,15,17,19H,9-10H2. The molecule has 2 N–H and O–H groups in total. The van der Waals surface area contributed by atoms with Crippen LogP contribution in [0.15, 0.2) is 48.5 Å². The van der Waals surface area contributed by atoms with E-state index in [-0.39, 0.29) is 24.9 Å². The summed E-state index contributed by atoms with van der Waals surface area (Å²) >= 11 is 0. The first kappa shape index (κ1) is 15.1. The molecule has 1 atom stereocenters. The molecular formula is C15H15FN2O3. The van der Waals surface area contributed by atoms with Crippen molar-refractivity contribution in [3.05, 3.63) is 75.6 Å². The van der Waals surface area contributed by atoms with Gasteiger partial charge in [0.2, 0.25) is 0 Å². The van der Waals surface area contributed by atoms with Gasteiger partial charge in [0.15, 0.2) is 0 Å². The minimum absolute atomic E-state index is 0.124. The van der Waals surface area contributed by atoms with Crippen molar-refractivity contribution in [1.82, 2.24) is 5.32 Å². The summed E-state index contributed by atoms with van der Waals surface area (Å²) in [5.41, 5.74) is 1.06. The Morgan fingerprint density at radius 3 is 2.57 bits per heavy atom. The van der Waals surface area contributed by atoms with Crippen LogP contribution in [0.25, 0.3) is 0 Å². The monoisotopic (exact) mass is 290 g/mol. The molecule has 0 saturated heterocycles. The predicted molar refractivity (Wildman–Crippen MR) is 76.2 cm³/mol. The average molecular weight is 290 g/mol. The number of nitrogens with one attached hydrogen (secondary N) is 1. The lowest BCUT2D eigenvalue weighted by molar-refractivity contribution is -0.385. The molecule has 0 spiro atoms. The van der Waals surface area contributed by atoms with E-state index in [1.807, 2.05) is 30.3 Å². The maximum atomic E-state index is 13.3. The molecule has 0 amide bonds. The minimum Gasteiger partial charge on any atom is -0.394 e. The molecule has 0 saturated carbocycles. The molecule has 5 nitrogen and oxygen atoms in total. The van der Waals surface area contributed by atoms with Crippen molar-refractivity contribution >= 4 is 5.69 Å². The smallest absolute Gasteiger partial charge is 0.272 e. The normalized spacial score (nSPS) is 12.1. The fourth-order valence-electron chi connectivity index (χ4n) is 2.06. The molecule has 2 rings (SSSR count). The zero-order valence-electron chi connectivity index (χ0n) is 11.2. The van der Waals surface area contributed by atoms with Crippen molar-refractivity contribution in [1.29, 1.82) is 0 Å². The van der Waals surface area contributed by atoms with Crippen LogP contribution in [0, 0.1) is 15.9 Å². The van der Waals surface area contributed by atoms with E-state index in [2.05, 4.69) is 5.32 Å². The lowest BCUT2D eigenvalue weighted by Crippen LogP contribution is -2.24. The van der Waals surface area contributed by atoms with Crippen LogP contribution in [0.1, 0.15) is 17.2 Å². The number of non-ortho nitro benzene ring substituents is 1. The SMILES string of the molecule is O=[N+]([O-])c1cc(F)cc(CNC(CO)c2ccccc2)c1. The van der Waals surface area contributed by atoms with Gasteiger partial charge < -0.3 is 10.4 Å². The molecule has 0 aliphatic rings. The highest BCUT2D eigenvalue weighted by molar-refractivity contribution is 5.35. The maximum Gasteiger partial charge on any atom is 0.272 e. The van der Waals surface area contributed by atoms with Crippen molar-refractivity contribution in [2.24, 2.45) is 0 Å². The third kappa shape index (κ3) is 4.08. The maximum absolute atomic E-state index is 13.3. The highest BCUT2D eigenvalue weighted by Gasteiger charge is 2.12. The number of rotatable bonds is 6. The van der Waals surface area contributed by atoms with Crippen LogP contribution in [-0.2, 0) is 6.54 Å². The highest BCUT2D eigenvalue weighted by Crippen LogP contribution is 2.18. The third-order valence-corrected chi connectivity index (χ3v) is 3.09. The highest BCUT2D eigenvalue weighted by atomic mass is 19.1. The van der Waals surface area contributed by atoms with Gasteiger partial charge in [-0.3, -0.25) is 10.1 Å². The van der Waals surface area contributed by atoms with Crippen LogP contribution in [0.2, 0.25) is 0 Å². The summed E-state index contributed by atoms with van der Waals surface area (Å²) in [4.78, 5) is 10.1. The van der Waals surface area contributed by atoms with Crippen LogP contribution in [-0.4, -0.2) is 16.6 Å². The van der Waals surface area contributed by atoms with Gasteiger partial charge in [-0.25, -0.2) is 4.39 Å². The summed E-state index contributed by atoms with van der Waals surface area (Å²) in [6.07, 6.45) is 0. The fraction of sp³-hybridized carbons (Fsp3) is 0.200. The van der Waals surface area contributed by atoms with Crippen molar-refractivity contribution in [2.45, 2.75) is 12.6 Å². The molecule has 2 aromatic rings. The number of halogens is 1. The first-order valence-electron chi connectivity index (χ1n) is 6.43. The Hall–Kier alpha value is -2.31. The Balaban J connectivity index is 2.10. The molecule has 0 aliphatic carbocycles. The summed E-state index contributed by atoms with van der Waals surface area (Å²) in [6, 6.07) is 12.4. The van der Waals surface area contributed by atoms with Crippen LogP contribution >= 0.6 is 0 Å². The topological polar surface area (TPSA) is 75.4 Å². The molecule has 6 heteroatoms. The second kappa shape index (κ2) is 6.92. The minimum atomic E-state index is -0.652. The molecule has 0 bridgehead atoms. The summed E-state index contributed by atoms with van der Waals surface area (Å²) in [5.74, 6) is -0.652. The summed E-state index contributed by atoms with van der Waals surface area (Å²) < 4.78 is 13.3. The molecule has 110 valence electrons. The zero-order valence-corrected chi connectivity index (χ0v) is 11.2. The molecule has 2 aromatic carbocycles. The van der Waals surface area contributed by atoms with Crippen LogP contribution in [0.3, 0.4) is 0 Å². The van der Waals surface area contributed by atoms with E-state index < -0.39 is 10.7 Å². The van der Waals surface area contributed by atoms with Crippen LogP contribution < -0.4 is 5.32 Å². The van der Waals surface area contributed by atoms with Gasteiger partial charge in [-0.2, -0.15) is 0 Å². The fourth-order valence-corrected chi connectivity index (χ4v) is 2.06. The molecule has 0 aliphatic heterocycles. The van der Waals surface area contributed by atoms with Gasteiger partial charge in [-0.05, 0) is 17.2 Å². The third-order valence-electron chi connectivity index (χ3n) is 3.09. The van der Waals surface area contributed by atoms with Crippen molar-refractivity contribution in [2.75, 3.05) is 6.61 Å². The van der Waals surface area contributed by atoms with E-state index in [0.29, 0.717) is 5.56 Å². The Bertz CT molecular complexity index is 620. The summed E-state index contributed by atoms with van der Waals surface area (Å²) in [6.45, 7) is 0.0974. The van der Waals surface area contributed by atoms with E-state index in [9.17, 15) is 19.6 Å². The van der Waals surface area contributed by atoms with Crippen molar-refractivity contribution in [3.63, 3.8) is 0 Å². The Morgan fingerprint density at radius 2 is 1.95 bits per heavy atom.